The summed E-state index contributed by atoms with van der Waals surface area (Å²) >= 11 is 5.75. The summed E-state index contributed by atoms with van der Waals surface area (Å²) in [5, 5.41) is 0. The minimum Gasteiger partial charge on any atom is -0.457 e. The number of carbonyl (C=O) groups is 1. The number of rotatable bonds is 6. The lowest BCUT2D eigenvalue weighted by atomic mass is 9.94. The van der Waals surface area contributed by atoms with E-state index in [-0.39, 0.29) is 5.97 Å². The molecule has 2 nitrogen and oxygen atoms in total. The number of cyclic esters (lactones) is 1. The number of aryl methyl sites for hydroxylation is 2. The van der Waals surface area contributed by atoms with Crippen molar-refractivity contribution in [3.05, 3.63) is 34.4 Å². The van der Waals surface area contributed by atoms with Gasteiger partial charge in [0.15, 0.2) is 0 Å². The molecular weight excluding hydrogens is 248 g/mol. The highest BCUT2D eigenvalue weighted by Crippen LogP contribution is 2.27. The number of esters is 1. The Morgan fingerprint density at radius 3 is 2.83 bits per heavy atom. The Bertz CT molecular complexity index is 440. The Labute approximate surface area is 113 Å². The van der Waals surface area contributed by atoms with Crippen LogP contribution < -0.4 is 0 Å². The number of carbonyl (C=O) groups excluding carboxylic acids is 1. The minimum atomic E-state index is -0.170. The van der Waals surface area contributed by atoms with Gasteiger partial charge in [0.2, 0.25) is 0 Å². The zero-order valence-electron chi connectivity index (χ0n) is 10.8. The topological polar surface area (TPSA) is 26.3 Å². The summed E-state index contributed by atoms with van der Waals surface area (Å²) in [6.45, 7) is 2.62. The SMILES string of the molecule is CCCCc1cc(CCCCl)c2c(c1)COC2=O. The van der Waals surface area contributed by atoms with E-state index in [9.17, 15) is 4.79 Å². The molecule has 0 unspecified atom stereocenters. The lowest BCUT2D eigenvalue weighted by Gasteiger charge is -2.09. The highest BCUT2D eigenvalue weighted by Gasteiger charge is 2.25. The van der Waals surface area contributed by atoms with Crippen LogP contribution in [-0.4, -0.2) is 11.8 Å². The van der Waals surface area contributed by atoms with E-state index in [2.05, 4.69) is 19.1 Å². The molecule has 0 amide bonds. The number of hydrogen-bond donors (Lipinski definition) is 0. The van der Waals surface area contributed by atoms with E-state index >= 15 is 0 Å². The second-order valence-electron chi connectivity index (χ2n) is 4.76. The molecule has 1 heterocycles. The molecule has 0 saturated carbocycles. The number of hydrogen-bond acceptors (Lipinski definition) is 2. The fourth-order valence-corrected chi connectivity index (χ4v) is 2.54. The van der Waals surface area contributed by atoms with Crippen LogP contribution >= 0.6 is 11.6 Å². The molecule has 0 aromatic heterocycles. The number of unbranched alkanes of at least 4 members (excludes halogenated alkanes) is 1. The van der Waals surface area contributed by atoms with Crippen molar-refractivity contribution < 1.29 is 9.53 Å². The maximum Gasteiger partial charge on any atom is 0.339 e. The van der Waals surface area contributed by atoms with Gasteiger partial charge >= 0.3 is 5.97 Å². The van der Waals surface area contributed by atoms with Gasteiger partial charge in [-0.1, -0.05) is 25.5 Å². The first-order valence-corrected chi connectivity index (χ1v) is 7.17. The van der Waals surface area contributed by atoms with Gasteiger partial charge in [-0.2, -0.15) is 0 Å². The molecule has 0 atom stereocenters. The highest BCUT2D eigenvalue weighted by atomic mass is 35.5. The number of alkyl halides is 1. The molecule has 2 rings (SSSR count). The maximum atomic E-state index is 11.7. The summed E-state index contributed by atoms with van der Waals surface area (Å²) in [5.74, 6) is 0.458. The highest BCUT2D eigenvalue weighted by molar-refractivity contribution is 6.17. The van der Waals surface area contributed by atoms with E-state index in [1.807, 2.05) is 0 Å². The zero-order valence-corrected chi connectivity index (χ0v) is 11.6. The smallest absolute Gasteiger partial charge is 0.339 e. The normalized spacial score (nSPS) is 13.6. The first kappa shape index (κ1) is 13.4. The van der Waals surface area contributed by atoms with Crippen molar-refractivity contribution in [2.24, 2.45) is 0 Å². The molecular formula is C15H19ClO2. The molecule has 0 fully saturated rings. The lowest BCUT2D eigenvalue weighted by molar-refractivity contribution is 0.0534. The first-order chi connectivity index (χ1) is 8.76. The summed E-state index contributed by atoms with van der Waals surface area (Å²) in [7, 11) is 0. The van der Waals surface area contributed by atoms with Crippen LogP contribution in [0.1, 0.15) is 53.2 Å². The molecule has 1 aliphatic heterocycles. The second kappa shape index (κ2) is 6.24. The van der Waals surface area contributed by atoms with Crippen molar-refractivity contribution in [1.82, 2.24) is 0 Å². The van der Waals surface area contributed by atoms with Crippen LogP contribution in [0, 0.1) is 0 Å². The number of benzene rings is 1. The van der Waals surface area contributed by atoms with Crippen LogP contribution in [0.2, 0.25) is 0 Å². The van der Waals surface area contributed by atoms with E-state index in [1.165, 1.54) is 18.4 Å². The van der Waals surface area contributed by atoms with Crippen LogP contribution in [0.5, 0.6) is 0 Å². The van der Waals surface area contributed by atoms with Gasteiger partial charge in [0.25, 0.3) is 0 Å². The fraction of sp³-hybridized carbons (Fsp3) is 0.533. The Morgan fingerprint density at radius 2 is 2.11 bits per heavy atom. The van der Waals surface area contributed by atoms with E-state index in [0.717, 1.165) is 36.0 Å². The summed E-state index contributed by atoms with van der Waals surface area (Å²) in [6, 6.07) is 4.29. The molecule has 1 aromatic rings. The third kappa shape index (κ3) is 2.86. The summed E-state index contributed by atoms with van der Waals surface area (Å²) in [6.07, 6.45) is 5.21. The molecule has 1 aromatic carbocycles. The molecule has 0 bridgehead atoms. The molecule has 0 radical (unpaired) electrons. The molecule has 0 aliphatic carbocycles. The van der Waals surface area contributed by atoms with Crippen LogP contribution in [0.15, 0.2) is 12.1 Å². The van der Waals surface area contributed by atoms with E-state index < -0.39 is 0 Å². The molecule has 0 spiro atoms. The van der Waals surface area contributed by atoms with E-state index in [1.54, 1.807) is 0 Å². The van der Waals surface area contributed by atoms with Crippen LogP contribution in [0.3, 0.4) is 0 Å². The van der Waals surface area contributed by atoms with Crippen LogP contribution in [-0.2, 0) is 24.2 Å². The van der Waals surface area contributed by atoms with Crippen LogP contribution in [0.4, 0.5) is 0 Å². The van der Waals surface area contributed by atoms with Gasteiger partial charge in [-0.05, 0) is 36.8 Å². The number of ether oxygens (including phenoxy) is 1. The Morgan fingerprint density at radius 1 is 1.28 bits per heavy atom. The average molecular weight is 267 g/mol. The zero-order chi connectivity index (χ0) is 13.0. The quantitative estimate of drug-likeness (QED) is 0.577. The molecule has 1 aliphatic rings. The summed E-state index contributed by atoms with van der Waals surface area (Å²) in [4.78, 5) is 11.7. The molecule has 18 heavy (non-hydrogen) atoms. The standard InChI is InChI=1S/C15H19ClO2/c1-2-3-5-11-8-12(6-4-7-16)14-13(9-11)10-18-15(14)17/h8-9H,2-7,10H2,1H3. The molecule has 0 saturated heterocycles. The Kier molecular flexibility index (Phi) is 4.65. The van der Waals surface area contributed by atoms with E-state index in [0.29, 0.717) is 12.5 Å². The van der Waals surface area contributed by atoms with Crippen molar-refractivity contribution in [2.45, 2.75) is 45.6 Å². The van der Waals surface area contributed by atoms with E-state index in [4.69, 9.17) is 16.3 Å². The number of fused-ring (bicyclic) bond motifs is 1. The predicted octanol–water partition coefficient (Wildman–Crippen LogP) is 3.87. The van der Waals surface area contributed by atoms with Crippen molar-refractivity contribution in [3.63, 3.8) is 0 Å². The molecule has 3 heteroatoms. The summed E-state index contributed by atoms with van der Waals surface area (Å²) < 4.78 is 5.13. The second-order valence-corrected chi connectivity index (χ2v) is 5.14. The Balaban J connectivity index is 2.29. The van der Waals surface area contributed by atoms with Crippen molar-refractivity contribution in [1.29, 1.82) is 0 Å². The lowest BCUT2D eigenvalue weighted by Crippen LogP contribution is -2.03. The third-order valence-corrected chi connectivity index (χ3v) is 3.59. The van der Waals surface area contributed by atoms with Gasteiger partial charge in [0.1, 0.15) is 6.61 Å². The maximum absolute atomic E-state index is 11.7. The van der Waals surface area contributed by atoms with Gasteiger partial charge in [-0.3, -0.25) is 0 Å². The fourth-order valence-electron chi connectivity index (χ4n) is 2.41. The predicted molar refractivity (Wildman–Crippen MR) is 73.2 cm³/mol. The molecule has 98 valence electrons. The largest absolute Gasteiger partial charge is 0.457 e. The third-order valence-electron chi connectivity index (χ3n) is 3.32. The van der Waals surface area contributed by atoms with Crippen molar-refractivity contribution in [3.8, 4) is 0 Å². The first-order valence-electron chi connectivity index (χ1n) is 6.64. The number of halogens is 1. The van der Waals surface area contributed by atoms with Gasteiger partial charge < -0.3 is 4.74 Å². The monoisotopic (exact) mass is 266 g/mol. The van der Waals surface area contributed by atoms with Crippen molar-refractivity contribution >= 4 is 17.6 Å². The minimum absolute atomic E-state index is 0.170. The molecule has 0 N–H and O–H groups in total. The van der Waals surface area contributed by atoms with Gasteiger partial charge in [-0.15, -0.1) is 11.6 Å². The van der Waals surface area contributed by atoms with Gasteiger partial charge in [-0.25, -0.2) is 4.79 Å². The van der Waals surface area contributed by atoms with Crippen molar-refractivity contribution in [2.75, 3.05) is 5.88 Å². The van der Waals surface area contributed by atoms with Gasteiger partial charge in [0.05, 0.1) is 5.56 Å². The Hall–Kier alpha value is -1.02. The average Bonchev–Trinajstić information content (AvgIpc) is 2.75. The van der Waals surface area contributed by atoms with Crippen LogP contribution in [0.25, 0.3) is 0 Å². The summed E-state index contributed by atoms with van der Waals surface area (Å²) in [5.41, 5.74) is 4.28. The van der Waals surface area contributed by atoms with Gasteiger partial charge in [0, 0.05) is 11.4 Å².